The minimum absolute atomic E-state index is 0.000942. The van der Waals surface area contributed by atoms with Crippen LogP contribution < -0.4 is 5.32 Å². The summed E-state index contributed by atoms with van der Waals surface area (Å²) in [4.78, 5) is 11.9. The van der Waals surface area contributed by atoms with Crippen LogP contribution in [-0.4, -0.2) is 44.3 Å². The first kappa shape index (κ1) is 14.7. The van der Waals surface area contributed by atoms with Crippen LogP contribution in [0.5, 0.6) is 0 Å². The van der Waals surface area contributed by atoms with E-state index in [-0.39, 0.29) is 17.6 Å². The minimum Gasteiger partial charge on any atom is -0.383 e. The van der Waals surface area contributed by atoms with Crippen molar-refractivity contribution < 1.29 is 14.3 Å². The Hall–Kier alpha value is -0.320. The maximum atomic E-state index is 11.9. The molecule has 0 spiro atoms. The molecule has 1 atom stereocenters. The van der Waals surface area contributed by atoms with Crippen LogP contribution in [0, 0.1) is 0 Å². The van der Waals surface area contributed by atoms with Crippen molar-refractivity contribution in [1.29, 1.82) is 0 Å². The van der Waals surface area contributed by atoms with Crippen molar-refractivity contribution in [2.24, 2.45) is 0 Å². The van der Waals surface area contributed by atoms with Crippen LogP contribution in [-0.2, 0) is 14.3 Å². The molecule has 1 amide bonds. The highest BCUT2D eigenvalue weighted by Crippen LogP contribution is 2.37. The molecule has 0 heterocycles. The van der Waals surface area contributed by atoms with Gasteiger partial charge in [-0.25, -0.2) is 0 Å². The van der Waals surface area contributed by atoms with Gasteiger partial charge in [-0.1, -0.05) is 0 Å². The number of nitrogens with one attached hydrogen (secondary N) is 1. The molecule has 4 nitrogen and oxygen atoms in total. The van der Waals surface area contributed by atoms with Crippen LogP contribution in [0.4, 0.5) is 0 Å². The summed E-state index contributed by atoms with van der Waals surface area (Å²) in [6.07, 6.45) is 4.25. The highest BCUT2D eigenvalue weighted by Gasteiger charge is 2.39. The number of rotatable bonds is 8. The lowest BCUT2D eigenvalue weighted by Crippen LogP contribution is -2.47. The Morgan fingerprint density at radius 1 is 1.47 bits per heavy atom. The van der Waals surface area contributed by atoms with Gasteiger partial charge in [0.25, 0.3) is 0 Å². The third kappa shape index (κ3) is 4.45. The van der Waals surface area contributed by atoms with Crippen molar-refractivity contribution in [3.63, 3.8) is 0 Å². The Morgan fingerprint density at radius 3 is 2.59 bits per heavy atom. The third-order valence-corrected chi connectivity index (χ3v) is 3.59. The molecule has 1 unspecified atom stereocenters. The molecule has 1 aliphatic carbocycles. The van der Waals surface area contributed by atoms with Gasteiger partial charge in [0.1, 0.15) is 0 Å². The van der Waals surface area contributed by atoms with Gasteiger partial charge in [-0.15, -0.1) is 11.6 Å². The van der Waals surface area contributed by atoms with Crippen LogP contribution >= 0.6 is 11.6 Å². The van der Waals surface area contributed by atoms with Gasteiger partial charge in [0, 0.05) is 20.1 Å². The number of amides is 1. The molecule has 0 aromatic rings. The van der Waals surface area contributed by atoms with Gasteiger partial charge in [0.15, 0.2) is 0 Å². The molecular formula is C12H22ClNO3. The summed E-state index contributed by atoms with van der Waals surface area (Å²) in [5.41, 5.74) is -0.220. The molecule has 0 aromatic carbocycles. The van der Waals surface area contributed by atoms with Crippen LogP contribution in [0.2, 0.25) is 0 Å². The fourth-order valence-corrected chi connectivity index (χ4v) is 2.39. The molecule has 0 bridgehead atoms. The highest BCUT2D eigenvalue weighted by atomic mass is 35.5. The molecular weight excluding hydrogens is 242 g/mol. The first-order chi connectivity index (χ1) is 8.15. The SMILES string of the molecule is COCC(CCCl)NC(=O)CC1(OC)CCC1. The van der Waals surface area contributed by atoms with Crippen molar-refractivity contribution in [1.82, 2.24) is 5.32 Å². The molecule has 5 heteroatoms. The predicted molar refractivity (Wildman–Crippen MR) is 67.4 cm³/mol. The number of hydrogen-bond donors (Lipinski definition) is 1. The maximum Gasteiger partial charge on any atom is 0.223 e. The summed E-state index contributed by atoms with van der Waals surface area (Å²) in [5, 5.41) is 2.95. The van der Waals surface area contributed by atoms with Crippen molar-refractivity contribution in [3.05, 3.63) is 0 Å². The number of carbonyl (C=O) groups excluding carboxylic acids is 1. The van der Waals surface area contributed by atoms with E-state index >= 15 is 0 Å². The minimum atomic E-state index is -0.220. The zero-order chi connectivity index (χ0) is 12.7. The van der Waals surface area contributed by atoms with Crippen molar-refractivity contribution >= 4 is 17.5 Å². The molecule has 1 aliphatic rings. The van der Waals surface area contributed by atoms with Crippen LogP contribution in [0.1, 0.15) is 32.1 Å². The first-order valence-electron chi connectivity index (χ1n) is 6.05. The zero-order valence-corrected chi connectivity index (χ0v) is 11.4. The monoisotopic (exact) mass is 263 g/mol. The fourth-order valence-electron chi connectivity index (χ4n) is 2.13. The largest absolute Gasteiger partial charge is 0.383 e. The highest BCUT2D eigenvalue weighted by molar-refractivity contribution is 6.17. The summed E-state index contributed by atoms with van der Waals surface area (Å²) in [6.45, 7) is 0.498. The number of halogens is 1. The van der Waals surface area contributed by atoms with E-state index in [2.05, 4.69) is 5.32 Å². The van der Waals surface area contributed by atoms with Gasteiger partial charge >= 0.3 is 0 Å². The summed E-state index contributed by atoms with van der Waals surface area (Å²) >= 11 is 5.68. The Labute approximate surface area is 108 Å². The lowest BCUT2D eigenvalue weighted by Gasteiger charge is -2.40. The normalized spacial score (nSPS) is 19.5. The Bertz CT molecular complexity index is 232. The van der Waals surface area contributed by atoms with Crippen LogP contribution in [0.15, 0.2) is 0 Å². The standard InChI is InChI=1S/C12H22ClNO3/c1-16-9-10(4-7-13)14-11(15)8-12(17-2)5-3-6-12/h10H,3-9H2,1-2H3,(H,14,15). The number of carbonyl (C=O) groups is 1. The van der Waals surface area contributed by atoms with E-state index in [0.717, 1.165) is 25.7 Å². The van der Waals surface area contributed by atoms with Crippen molar-refractivity contribution in [2.75, 3.05) is 26.7 Å². The molecule has 1 fully saturated rings. The summed E-state index contributed by atoms with van der Waals surface area (Å²) < 4.78 is 10.5. The second-order valence-corrected chi connectivity index (χ2v) is 4.99. The average molecular weight is 264 g/mol. The molecule has 17 heavy (non-hydrogen) atoms. The molecule has 0 aromatic heterocycles. The summed E-state index contributed by atoms with van der Waals surface area (Å²) in [7, 11) is 3.30. The van der Waals surface area contributed by atoms with Crippen molar-refractivity contribution in [3.8, 4) is 0 Å². The lowest BCUT2D eigenvalue weighted by atomic mass is 9.77. The zero-order valence-electron chi connectivity index (χ0n) is 10.6. The Morgan fingerprint density at radius 2 is 2.18 bits per heavy atom. The number of methoxy groups -OCH3 is 2. The van der Waals surface area contributed by atoms with Gasteiger partial charge in [-0.3, -0.25) is 4.79 Å². The molecule has 1 rings (SSSR count). The van der Waals surface area contributed by atoms with E-state index in [1.54, 1.807) is 14.2 Å². The maximum absolute atomic E-state index is 11.9. The van der Waals surface area contributed by atoms with Gasteiger partial charge in [-0.2, -0.15) is 0 Å². The molecule has 100 valence electrons. The summed E-state index contributed by atoms with van der Waals surface area (Å²) in [6, 6.07) is -0.000942. The molecule has 0 radical (unpaired) electrons. The smallest absolute Gasteiger partial charge is 0.223 e. The fraction of sp³-hybridized carbons (Fsp3) is 0.917. The average Bonchev–Trinajstić information content (AvgIpc) is 2.24. The topological polar surface area (TPSA) is 47.6 Å². The van der Waals surface area contributed by atoms with E-state index in [1.165, 1.54) is 0 Å². The number of hydrogen-bond acceptors (Lipinski definition) is 3. The third-order valence-electron chi connectivity index (χ3n) is 3.37. The van der Waals surface area contributed by atoms with Crippen LogP contribution in [0.25, 0.3) is 0 Å². The molecule has 0 aliphatic heterocycles. The van der Waals surface area contributed by atoms with Gasteiger partial charge in [0.2, 0.25) is 5.91 Å². The quantitative estimate of drug-likeness (QED) is 0.678. The van der Waals surface area contributed by atoms with Crippen molar-refractivity contribution in [2.45, 2.75) is 43.7 Å². The second-order valence-electron chi connectivity index (χ2n) is 4.61. The second kappa shape index (κ2) is 7.19. The van der Waals surface area contributed by atoms with E-state index < -0.39 is 0 Å². The van der Waals surface area contributed by atoms with Gasteiger partial charge in [0.05, 0.1) is 24.7 Å². The predicted octanol–water partition coefficient (Wildman–Crippen LogP) is 1.71. The van der Waals surface area contributed by atoms with E-state index in [1.807, 2.05) is 0 Å². The molecule has 1 N–H and O–H groups in total. The van der Waals surface area contributed by atoms with Gasteiger partial charge < -0.3 is 14.8 Å². The number of alkyl halides is 1. The Kier molecular flexibility index (Phi) is 6.23. The van der Waals surface area contributed by atoms with E-state index in [0.29, 0.717) is 18.9 Å². The lowest BCUT2D eigenvalue weighted by molar-refractivity contribution is -0.135. The van der Waals surface area contributed by atoms with Crippen LogP contribution in [0.3, 0.4) is 0 Å². The first-order valence-corrected chi connectivity index (χ1v) is 6.58. The molecule has 0 saturated heterocycles. The summed E-state index contributed by atoms with van der Waals surface area (Å²) in [5.74, 6) is 0.544. The van der Waals surface area contributed by atoms with E-state index in [9.17, 15) is 4.79 Å². The van der Waals surface area contributed by atoms with Gasteiger partial charge in [-0.05, 0) is 25.7 Å². The molecule has 1 saturated carbocycles. The number of ether oxygens (including phenoxy) is 2. The van der Waals surface area contributed by atoms with E-state index in [4.69, 9.17) is 21.1 Å². The Balaban J connectivity index is 2.35.